The van der Waals surface area contributed by atoms with E-state index in [1.807, 2.05) is 9.80 Å². The maximum Gasteiger partial charge on any atom is 0.317 e. The van der Waals surface area contributed by atoms with Crippen molar-refractivity contribution in [2.24, 2.45) is 0 Å². The van der Waals surface area contributed by atoms with Gasteiger partial charge >= 0.3 is 11.9 Å². The number of nitrogens with one attached hydrogen (secondary N) is 2. The first-order valence-corrected chi connectivity index (χ1v) is 13.5. The second-order valence-corrected chi connectivity index (χ2v) is 9.24. The molecule has 39 heavy (non-hydrogen) atoms. The monoisotopic (exact) mass is 560 g/mol. The largest absolute Gasteiger partial charge is 0.480 e. The van der Waals surface area contributed by atoms with Crippen molar-refractivity contribution in [3.05, 3.63) is 0 Å². The Morgan fingerprint density at radius 3 is 1.54 bits per heavy atom. The Bertz CT molecular complexity index is 727. The van der Waals surface area contributed by atoms with Crippen LogP contribution < -0.4 is 10.6 Å². The molecule has 1 aliphatic rings. The first-order valence-electron chi connectivity index (χ1n) is 13.5. The zero-order valence-electron chi connectivity index (χ0n) is 23.5. The van der Waals surface area contributed by atoms with Crippen LogP contribution in [-0.4, -0.2) is 164 Å². The van der Waals surface area contributed by atoms with E-state index in [2.05, 4.69) is 17.6 Å². The minimum atomic E-state index is -0.980. The molecule has 1 saturated heterocycles. The summed E-state index contributed by atoms with van der Waals surface area (Å²) in [5.74, 6) is -2.28. The number of carboxylic acids is 2. The van der Waals surface area contributed by atoms with Crippen LogP contribution in [0.15, 0.2) is 0 Å². The minimum Gasteiger partial charge on any atom is -0.480 e. The number of amides is 2. The van der Waals surface area contributed by atoms with Crippen LogP contribution in [0.4, 0.5) is 0 Å². The number of hydrogen-bond donors (Lipinski definition) is 5. The van der Waals surface area contributed by atoms with E-state index >= 15 is 0 Å². The Kier molecular flexibility index (Phi) is 21.7. The van der Waals surface area contributed by atoms with Crippen molar-refractivity contribution in [3.63, 3.8) is 0 Å². The molecule has 0 unspecified atom stereocenters. The van der Waals surface area contributed by atoms with Gasteiger partial charge in [-0.2, -0.15) is 0 Å². The van der Waals surface area contributed by atoms with Gasteiger partial charge < -0.3 is 30.7 Å². The number of carbonyl (C=O) groups excluding carboxylic acids is 3. The van der Waals surface area contributed by atoms with Gasteiger partial charge in [0.25, 0.3) is 0 Å². The molecule has 1 rings (SSSR count). The second kappa shape index (κ2) is 23.3. The van der Waals surface area contributed by atoms with Crippen molar-refractivity contribution in [1.29, 1.82) is 0 Å². The summed E-state index contributed by atoms with van der Waals surface area (Å²) in [6.45, 7) is 6.27. The number of rotatable bonds is 15. The molecule has 0 atom stereocenters. The van der Waals surface area contributed by atoms with Gasteiger partial charge in [-0.15, -0.1) is 0 Å². The molecule has 0 bridgehead atoms. The predicted molar refractivity (Wildman–Crippen MR) is 145 cm³/mol. The summed E-state index contributed by atoms with van der Waals surface area (Å²) in [6, 6.07) is 0. The third kappa shape index (κ3) is 20.0. The molecule has 0 spiro atoms. The summed E-state index contributed by atoms with van der Waals surface area (Å²) in [6.07, 6.45) is 4.06. The first-order chi connectivity index (χ1) is 18.7. The van der Waals surface area contributed by atoms with Crippen molar-refractivity contribution in [2.45, 2.75) is 32.6 Å². The molecule has 226 valence electrons. The fourth-order valence-electron chi connectivity index (χ4n) is 3.99. The first kappa shape index (κ1) is 36.4. The molecular weight excluding hydrogens is 512 g/mol. The molecule has 1 heterocycles. The van der Waals surface area contributed by atoms with Gasteiger partial charge in [-0.25, -0.2) is 0 Å². The number of aliphatic hydroxyl groups excluding tert-OH is 1. The third-order valence-electron chi connectivity index (χ3n) is 6.12. The average molecular weight is 561 g/mol. The molecule has 0 radical (unpaired) electrons. The summed E-state index contributed by atoms with van der Waals surface area (Å²) in [7, 11) is 1.00. The highest BCUT2D eigenvalue weighted by atomic mass is 16.4. The summed E-state index contributed by atoms with van der Waals surface area (Å²) < 4.78 is 0. The van der Waals surface area contributed by atoms with E-state index in [-0.39, 0.29) is 51.0 Å². The minimum absolute atomic E-state index is 0.0824. The molecule has 1 fully saturated rings. The maximum atomic E-state index is 12.6. The van der Waals surface area contributed by atoms with E-state index in [1.54, 1.807) is 9.80 Å². The number of hydrogen-bond acceptors (Lipinski definition) is 10. The normalized spacial score (nSPS) is 16.6. The Labute approximate surface area is 231 Å². The molecule has 0 aromatic rings. The van der Waals surface area contributed by atoms with Crippen LogP contribution in [0.3, 0.4) is 0 Å². The van der Waals surface area contributed by atoms with Crippen molar-refractivity contribution in [3.8, 4) is 0 Å². The Hall–Kier alpha value is -2.65. The predicted octanol–water partition coefficient (Wildman–Crippen LogP) is -2.00. The van der Waals surface area contributed by atoms with Crippen LogP contribution in [0.25, 0.3) is 0 Å². The number of aliphatic hydroxyl groups is 1. The van der Waals surface area contributed by atoms with Gasteiger partial charge in [-0.05, 0) is 6.42 Å². The van der Waals surface area contributed by atoms with E-state index in [9.17, 15) is 34.2 Å². The van der Waals surface area contributed by atoms with Crippen LogP contribution in [0.2, 0.25) is 0 Å². The van der Waals surface area contributed by atoms with Crippen LogP contribution in [0, 0.1) is 0 Å². The van der Waals surface area contributed by atoms with Crippen LogP contribution in [0.5, 0.6) is 0 Å². The number of nitrogens with zero attached hydrogens (tertiary/aromatic N) is 4. The Balaban J connectivity index is 0.00000704. The lowest BCUT2D eigenvalue weighted by Crippen LogP contribution is -2.49. The zero-order chi connectivity index (χ0) is 29.5. The van der Waals surface area contributed by atoms with Crippen molar-refractivity contribution in [2.75, 3.05) is 98.7 Å². The van der Waals surface area contributed by atoms with Crippen LogP contribution in [0.1, 0.15) is 32.6 Å². The van der Waals surface area contributed by atoms with Crippen molar-refractivity contribution < 1.29 is 39.3 Å². The van der Waals surface area contributed by atoms with Crippen molar-refractivity contribution in [1.82, 2.24) is 30.2 Å². The highest BCUT2D eigenvalue weighted by molar-refractivity contribution is 5.80. The average Bonchev–Trinajstić information content (AvgIpc) is 2.88. The lowest BCUT2D eigenvalue weighted by molar-refractivity contribution is -0.140. The van der Waals surface area contributed by atoms with E-state index in [0.717, 1.165) is 32.7 Å². The van der Waals surface area contributed by atoms with Crippen molar-refractivity contribution >= 4 is 30.0 Å². The second-order valence-electron chi connectivity index (χ2n) is 9.24. The molecule has 0 aromatic heterocycles. The SMILES string of the molecule is CCCCCNC(=O)CCNC(=O)CN1CCN(CC=O)CCN(CC(=O)O)CCN(CC(=O)O)CC1.CO. The number of aldehydes is 1. The quantitative estimate of drug-likeness (QED) is 0.110. The topological polar surface area (TPSA) is 183 Å². The van der Waals surface area contributed by atoms with Gasteiger partial charge in [0, 0.05) is 79.0 Å². The zero-order valence-corrected chi connectivity index (χ0v) is 23.5. The van der Waals surface area contributed by atoms with Gasteiger partial charge in [-0.3, -0.25) is 38.8 Å². The molecule has 0 aromatic carbocycles. The van der Waals surface area contributed by atoms with Crippen LogP contribution in [-0.2, 0) is 24.0 Å². The molecular formula is C25H48N6O8. The number of carbonyl (C=O) groups is 5. The summed E-state index contributed by atoms with van der Waals surface area (Å²) in [5, 5.41) is 31.1. The van der Waals surface area contributed by atoms with Gasteiger partial charge in [0.05, 0.1) is 26.2 Å². The Morgan fingerprint density at radius 1 is 0.667 bits per heavy atom. The molecule has 14 heteroatoms. The number of unbranched alkanes of at least 4 members (excludes halogenated alkanes) is 2. The third-order valence-corrected chi connectivity index (χ3v) is 6.12. The number of carboxylic acid groups (broad SMARTS) is 2. The van der Waals surface area contributed by atoms with Crippen LogP contribution >= 0.6 is 0 Å². The number of aliphatic carboxylic acids is 2. The molecule has 14 nitrogen and oxygen atoms in total. The molecule has 1 aliphatic heterocycles. The molecule has 0 aliphatic carbocycles. The van der Waals surface area contributed by atoms with E-state index in [4.69, 9.17) is 5.11 Å². The van der Waals surface area contributed by atoms with E-state index < -0.39 is 11.9 Å². The summed E-state index contributed by atoms with van der Waals surface area (Å²) >= 11 is 0. The van der Waals surface area contributed by atoms with Gasteiger partial charge in [0.15, 0.2) is 0 Å². The van der Waals surface area contributed by atoms with Gasteiger partial charge in [-0.1, -0.05) is 19.8 Å². The molecule has 5 N–H and O–H groups in total. The summed E-state index contributed by atoms with van der Waals surface area (Å²) in [5.41, 5.74) is 0. The molecule has 0 saturated carbocycles. The lowest BCUT2D eigenvalue weighted by atomic mass is 10.2. The van der Waals surface area contributed by atoms with Gasteiger partial charge in [0.2, 0.25) is 11.8 Å². The Morgan fingerprint density at radius 2 is 1.10 bits per heavy atom. The van der Waals surface area contributed by atoms with E-state index in [0.29, 0.717) is 58.9 Å². The fraction of sp³-hybridized carbons (Fsp3) is 0.800. The highest BCUT2D eigenvalue weighted by Crippen LogP contribution is 2.01. The fourth-order valence-corrected chi connectivity index (χ4v) is 3.99. The molecule has 2 amide bonds. The highest BCUT2D eigenvalue weighted by Gasteiger charge is 2.20. The summed E-state index contributed by atoms with van der Waals surface area (Å²) in [4.78, 5) is 65.5. The maximum absolute atomic E-state index is 12.6. The lowest BCUT2D eigenvalue weighted by Gasteiger charge is -2.32. The van der Waals surface area contributed by atoms with E-state index in [1.165, 1.54) is 0 Å². The standard InChI is InChI=1S/C24H44N6O7.CH4O/c1-2-3-4-6-25-21(32)5-7-26-22(33)18-28-10-8-27(16-17-31)9-11-29(19-23(34)35)14-15-30(13-12-28)20-24(36)37;1-2/h17H,2-16,18-20H2,1H3,(H,25,32)(H,26,33)(H,34,35)(H,36,37);2H,1H3. The van der Waals surface area contributed by atoms with Gasteiger partial charge in [0.1, 0.15) is 6.29 Å². The smallest absolute Gasteiger partial charge is 0.317 e.